The summed E-state index contributed by atoms with van der Waals surface area (Å²) in [6.45, 7) is 6.71. The van der Waals surface area contributed by atoms with Gasteiger partial charge in [-0.15, -0.1) is 0 Å². The van der Waals surface area contributed by atoms with E-state index in [-0.39, 0.29) is 5.91 Å². The molecule has 0 bridgehead atoms. The lowest BCUT2D eigenvalue weighted by molar-refractivity contribution is -0.120. The lowest BCUT2D eigenvalue weighted by atomic mass is 10.1. The van der Waals surface area contributed by atoms with E-state index in [1.165, 1.54) is 0 Å². The van der Waals surface area contributed by atoms with Crippen LogP contribution in [0, 0.1) is 12.8 Å². The van der Waals surface area contributed by atoms with Gasteiger partial charge in [0, 0.05) is 31.1 Å². The molecule has 1 fully saturated rings. The molecule has 1 aromatic rings. The van der Waals surface area contributed by atoms with Gasteiger partial charge in [-0.25, -0.2) is 0 Å². The van der Waals surface area contributed by atoms with E-state index in [0.717, 1.165) is 36.5 Å². The van der Waals surface area contributed by atoms with Gasteiger partial charge >= 0.3 is 0 Å². The van der Waals surface area contributed by atoms with E-state index in [1.807, 2.05) is 32.0 Å². The maximum absolute atomic E-state index is 11.4. The molecule has 1 amide bonds. The van der Waals surface area contributed by atoms with Crippen molar-refractivity contribution in [1.82, 2.24) is 5.32 Å². The average Bonchev–Trinajstić information content (AvgIpc) is 2.97. The summed E-state index contributed by atoms with van der Waals surface area (Å²) in [6.07, 6.45) is 1.56. The van der Waals surface area contributed by atoms with Gasteiger partial charge in [0.2, 0.25) is 5.91 Å². The minimum absolute atomic E-state index is 0.0562. The van der Waals surface area contributed by atoms with E-state index in [2.05, 4.69) is 5.32 Å². The van der Waals surface area contributed by atoms with Crippen molar-refractivity contribution in [3.05, 3.63) is 29.3 Å². The van der Waals surface area contributed by atoms with Gasteiger partial charge in [0.25, 0.3) is 0 Å². The molecule has 0 aromatic heterocycles. The van der Waals surface area contributed by atoms with Crippen molar-refractivity contribution < 1.29 is 14.3 Å². The standard InChI is InChI=1S/C16H23NO3/c1-3-16(18)17-9-14-5-4-12(2)8-15(14)20-11-13-6-7-19-10-13/h4-5,8,13H,3,6-7,9-11H2,1-2H3,(H,17,18). The van der Waals surface area contributed by atoms with E-state index in [4.69, 9.17) is 9.47 Å². The molecule has 1 heterocycles. The molecule has 1 N–H and O–H groups in total. The minimum atomic E-state index is 0.0562. The van der Waals surface area contributed by atoms with Gasteiger partial charge in [-0.05, 0) is 25.0 Å². The third kappa shape index (κ3) is 4.23. The molecule has 4 heteroatoms. The third-order valence-corrected chi connectivity index (χ3v) is 3.52. The van der Waals surface area contributed by atoms with E-state index in [0.29, 0.717) is 25.5 Å². The summed E-state index contributed by atoms with van der Waals surface area (Å²) in [7, 11) is 0. The third-order valence-electron chi connectivity index (χ3n) is 3.52. The molecule has 1 aliphatic rings. The molecule has 0 radical (unpaired) electrons. The predicted octanol–water partition coefficient (Wildman–Crippen LogP) is 2.44. The Balaban J connectivity index is 1.97. The summed E-state index contributed by atoms with van der Waals surface area (Å²) in [5.74, 6) is 1.41. The molecule has 0 saturated carbocycles. The molecule has 1 unspecified atom stereocenters. The van der Waals surface area contributed by atoms with Crippen molar-refractivity contribution in [2.24, 2.45) is 5.92 Å². The molecular formula is C16H23NO3. The molecule has 1 atom stereocenters. The van der Waals surface area contributed by atoms with Crippen LogP contribution in [0.5, 0.6) is 5.75 Å². The monoisotopic (exact) mass is 277 g/mol. The number of amides is 1. The summed E-state index contributed by atoms with van der Waals surface area (Å²) in [6, 6.07) is 6.09. The molecule has 1 aliphatic heterocycles. The first kappa shape index (κ1) is 14.9. The summed E-state index contributed by atoms with van der Waals surface area (Å²) in [4.78, 5) is 11.4. The number of carbonyl (C=O) groups excluding carboxylic acids is 1. The zero-order chi connectivity index (χ0) is 14.4. The smallest absolute Gasteiger partial charge is 0.219 e. The zero-order valence-corrected chi connectivity index (χ0v) is 12.3. The van der Waals surface area contributed by atoms with Crippen LogP contribution < -0.4 is 10.1 Å². The SMILES string of the molecule is CCC(=O)NCc1ccc(C)cc1OCC1CCOC1. The second-order valence-electron chi connectivity index (χ2n) is 5.28. The number of ether oxygens (including phenoxy) is 2. The molecule has 1 saturated heterocycles. The van der Waals surface area contributed by atoms with Gasteiger partial charge in [0.15, 0.2) is 0 Å². The van der Waals surface area contributed by atoms with Crippen molar-refractivity contribution in [2.45, 2.75) is 33.2 Å². The van der Waals surface area contributed by atoms with Crippen LogP contribution in [0.3, 0.4) is 0 Å². The van der Waals surface area contributed by atoms with Crippen LogP contribution in [0.25, 0.3) is 0 Å². The zero-order valence-electron chi connectivity index (χ0n) is 12.3. The van der Waals surface area contributed by atoms with E-state index in [1.54, 1.807) is 0 Å². The lowest BCUT2D eigenvalue weighted by Gasteiger charge is -2.15. The highest BCUT2D eigenvalue weighted by molar-refractivity contribution is 5.75. The Hall–Kier alpha value is -1.55. The number of aryl methyl sites for hydroxylation is 1. The largest absolute Gasteiger partial charge is 0.493 e. The fourth-order valence-electron chi connectivity index (χ4n) is 2.18. The molecular weight excluding hydrogens is 254 g/mol. The molecule has 20 heavy (non-hydrogen) atoms. The van der Waals surface area contributed by atoms with Gasteiger partial charge < -0.3 is 14.8 Å². The van der Waals surface area contributed by atoms with Crippen LogP contribution in [0.1, 0.15) is 30.9 Å². The van der Waals surface area contributed by atoms with Crippen LogP contribution in [0.2, 0.25) is 0 Å². The predicted molar refractivity (Wildman–Crippen MR) is 77.7 cm³/mol. The number of nitrogens with one attached hydrogen (secondary N) is 1. The second kappa shape index (κ2) is 7.29. The highest BCUT2D eigenvalue weighted by Crippen LogP contribution is 2.22. The van der Waals surface area contributed by atoms with Gasteiger partial charge in [-0.3, -0.25) is 4.79 Å². The number of benzene rings is 1. The summed E-state index contributed by atoms with van der Waals surface area (Å²) in [5.41, 5.74) is 2.18. The van der Waals surface area contributed by atoms with Crippen molar-refractivity contribution >= 4 is 5.91 Å². The summed E-state index contributed by atoms with van der Waals surface area (Å²) >= 11 is 0. The fourth-order valence-corrected chi connectivity index (χ4v) is 2.18. The van der Waals surface area contributed by atoms with E-state index in [9.17, 15) is 4.79 Å². The normalized spacial score (nSPS) is 18.0. The molecule has 110 valence electrons. The van der Waals surface area contributed by atoms with Crippen LogP contribution in [0.15, 0.2) is 18.2 Å². The number of rotatable bonds is 6. The molecule has 1 aromatic carbocycles. The van der Waals surface area contributed by atoms with Gasteiger partial charge in [0.1, 0.15) is 5.75 Å². The van der Waals surface area contributed by atoms with Crippen molar-refractivity contribution in [3.8, 4) is 5.75 Å². The van der Waals surface area contributed by atoms with Gasteiger partial charge in [-0.1, -0.05) is 19.1 Å². The Bertz CT molecular complexity index is 453. The van der Waals surface area contributed by atoms with Crippen molar-refractivity contribution in [2.75, 3.05) is 19.8 Å². The second-order valence-corrected chi connectivity index (χ2v) is 5.28. The van der Waals surface area contributed by atoms with Crippen LogP contribution in [0.4, 0.5) is 0 Å². The van der Waals surface area contributed by atoms with Crippen molar-refractivity contribution in [1.29, 1.82) is 0 Å². The lowest BCUT2D eigenvalue weighted by Crippen LogP contribution is -2.22. The van der Waals surface area contributed by atoms with Crippen molar-refractivity contribution in [3.63, 3.8) is 0 Å². The molecule has 0 aliphatic carbocycles. The summed E-state index contributed by atoms with van der Waals surface area (Å²) < 4.78 is 11.3. The highest BCUT2D eigenvalue weighted by Gasteiger charge is 2.17. The average molecular weight is 277 g/mol. The quantitative estimate of drug-likeness (QED) is 0.868. The molecule has 4 nitrogen and oxygen atoms in total. The first-order valence-electron chi connectivity index (χ1n) is 7.25. The Morgan fingerprint density at radius 1 is 1.50 bits per heavy atom. The Labute approximate surface area is 120 Å². The first-order valence-corrected chi connectivity index (χ1v) is 7.25. The topological polar surface area (TPSA) is 47.6 Å². The minimum Gasteiger partial charge on any atom is -0.493 e. The Kier molecular flexibility index (Phi) is 5.41. The highest BCUT2D eigenvalue weighted by atomic mass is 16.5. The van der Waals surface area contributed by atoms with Gasteiger partial charge in [-0.2, -0.15) is 0 Å². The molecule has 0 spiro atoms. The number of hydrogen-bond acceptors (Lipinski definition) is 3. The van der Waals surface area contributed by atoms with Crippen LogP contribution in [-0.4, -0.2) is 25.7 Å². The Morgan fingerprint density at radius 2 is 2.35 bits per heavy atom. The van der Waals surface area contributed by atoms with Crippen LogP contribution in [-0.2, 0) is 16.1 Å². The molecule has 2 rings (SSSR count). The van der Waals surface area contributed by atoms with E-state index >= 15 is 0 Å². The maximum Gasteiger partial charge on any atom is 0.219 e. The Morgan fingerprint density at radius 3 is 3.05 bits per heavy atom. The number of carbonyl (C=O) groups is 1. The fraction of sp³-hybridized carbons (Fsp3) is 0.562. The maximum atomic E-state index is 11.4. The summed E-state index contributed by atoms with van der Waals surface area (Å²) in [5, 5.41) is 2.89. The number of hydrogen-bond donors (Lipinski definition) is 1. The first-order chi connectivity index (χ1) is 9.69. The van der Waals surface area contributed by atoms with E-state index < -0.39 is 0 Å². The van der Waals surface area contributed by atoms with Gasteiger partial charge in [0.05, 0.1) is 13.2 Å². The van der Waals surface area contributed by atoms with Crippen LogP contribution >= 0.6 is 0 Å².